The largest absolute Gasteiger partial charge is 0.197 e. The molecule has 13 heavy (non-hydrogen) atoms. The summed E-state index contributed by atoms with van der Waals surface area (Å²) in [5.41, 5.74) is 2.08. The van der Waals surface area contributed by atoms with Gasteiger partial charge < -0.3 is 0 Å². The molecule has 0 aliphatic rings. The summed E-state index contributed by atoms with van der Waals surface area (Å²) in [4.78, 5) is 0. The van der Waals surface area contributed by atoms with E-state index in [-0.39, 0.29) is 0 Å². The van der Waals surface area contributed by atoms with Crippen molar-refractivity contribution >= 4 is 24.1 Å². The molecule has 0 unspecified atom stereocenters. The van der Waals surface area contributed by atoms with E-state index in [9.17, 15) is 0 Å². The molecule has 0 saturated carbocycles. The van der Waals surface area contributed by atoms with Crippen LogP contribution in [0, 0.1) is 0 Å². The highest BCUT2D eigenvalue weighted by Gasteiger charge is 1.96. The number of aromatic nitrogens is 2. The summed E-state index contributed by atoms with van der Waals surface area (Å²) in [6.45, 7) is 0. The average molecular weight is 210 g/mol. The molecule has 5 heteroatoms. The molecule has 0 aliphatic heterocycles. The third-order valence-corrected chi connectivity index (χ3v) is 1.93. The molecular formula is C8H6N2OS2. The second-order valence-corrected chi connectivity index (χ2v) is 2.77. The van der Waals surface area contributed by atoms with Crippen LogP contribution in [0.3, 0.4) is 0 Å². The van der Waals surface area contributed by atoms with Gasteiger partial charge in [0, 0.05) is 10.9 Å². The molecule has 1 heterocycles. The highest BCUT2D eigenvalue weighted by Crippen LogP contribution is 2.15. The van der Waals surface area contributed by atoms with Gasteiger partial charge in [0.05, 0.1) is 0 Å². The molecule has 1 aromatic carbocycles. The second kappa shape index (κ2) is 5.45. The van der Waals surface area contributed by atoms with Crippen LogP contribution in [0.2, 0.25) is 0 Å². The molecule has 0 radical (unpaired) electrons. The zero-order valence-electron chi connectivity index (χ0n) is 6.58. The van der Waals surface area contributed by atoms with Crippen molar-refractivity contribution in [3.05, 3.63) is 35.7 Å². The summed E-state index contributed by atoms with van der Waals surface area (Å²) in [5.74, 6) is 0. The first kappa shape index (κ1) is 9.88. The van der Waals surface area contributed by atoms with E-state index in [1.807, 2.05) is 35.7 Å². The van der Waals surface area contributed by atoms with Crippen molar-refractivity contribution in [2.75, 3.05) is 0 Å². The van der Waals surface area contributed by atoms with E-state index in [2.05, 4.69) is 22.1 Å². The van der Waals surface area contributed by atoms with Gasteiger partial charge in [0.25, 0.3) is 0 Å². The molecule has 2 rings (SSSR count). The zero-order chi connectivity index (χ0) is 9.52. The van der Waals surface area contributed by atoms with Crippen molar-refractivity contribution in [2.24, 2.45) is 0 Å². The van der Waals surface area contributed by atoms with Crippen molar-refractivity contribution in [1.29, 1.82) is 0 Å². The van der Waals surface area contributed by atoms with E-state index in [4.69, 9.17) is 4.21 Å². The number of nitrogens with zero attached hydrogens (tertiary/aromatic N) is 2. The molecular weight excluding hydrogens is 204 g/mol. The Hall–Kier alpha value is -1.20. The van der Waals surface area contributed by atoms with E-state index in [1.165, 1.54) is 11.5 Å². The van der Waals surface area contributed by atoms with Gasteiger partial charge in [-0.3, -0.25) is 0 Å². The van der Waals surface area contributed by atoms with Gasteiger partial charge in [-0.1, -0.05) is 34.8 Å². The van der Waals surface area contributed by atoms with Crippen molar-refractivity contribution in [3.8, 4) is 11.3 Å². The van der Waals surface area contributed by atoms with Crippen molar-refractivity contribution in [3.63, 3.8) is 0 Å². The van der Waals surface area contributed by atoms with Crippen LogP contribution >= 0.6 is 11.5 Å². The molecule has 2 aromatic rings. The standard InChI is InChI=1S/C8H6N2S.OS/c1-2-4-7(5-3-1)8-6-11-10-9-8;1-2/h1-6H;. The Morgan fingerprint density at radius 2 is 1.85 bits per heavy atom. The summed E-state index contributed by atoms with van der Waals surface area (Å²) in [6.07, 6.45) is 0. The quantitative estimate of drug-likeness (QED) is 0.720. The average Bonchev–Trinajstić information content (AvgIpc) is 2.75. The predicted octanol–water partition coefficient (Wildman–Crippen LogP) is 1.87. The van der Waals surface area contributed by atoms with Crippen LogP contribution in [0.15, 0.2) is 35.7 Å². The number of rotatable bonds is 1. The van der Waals surface area contributed by atoms with E-state index in [0.717, 1.165) is 11.3 Å². The molecule has 66 valence electrons. The molecule has 0 aliphatic carbocycles. The second-order valence-electron chi connectivity index (χ2n) is 2.16. The van der Waals surface area contributed by atoms with Crippen molar-refractivity contribution in [2.45, 2.75) is 0 Å². The molecule has 0 amide bonds. The highest BCUT2D eigenvalue weighted by atomic mass is 32.1. The lowest BCUT2D eigenvalue weighted by Gasteiger charge is -1.90. The van der Waals surface area contributed by atoms with Gasteiger partial charge in [0.15, 0.2) is 12.5 Å². The van der Waals surface area contributed by atoms with Gasteiger partial charge in [0.1, 0.15) is 5.69 Å². The third-order valence-electron chi connectivity index (χ3n) is 1.43. The van der Waals surface area contributed by atoms with E-state index >= 15 is 0 Å². The summed E-state index contributed by atoms with van der Waals surface area (Å²) < 4.78 is 11.6. The monoisotopic (exact) mass is 210 g/mol. The Morgan fingerprint density at radius 1 is 1.15 bits per heavy atom. The summed E-state index contributed by atoms with van der Waals surface area (Å²) in [5, 5.41) is 5.89. The van der Waals surface area contributed by atoms with Gasteiger partial charge in [-0.25, -0.2) is 0 Å². The Labute approximate surface area is 85.1 Å². The zero-order valence-corrected chi connectivity index (χ0v) is 8.22. The predicted molar refractivity (Wildman–Crippen MR) is 53.5 cm³/mol. The highest BCUT2D eigenvalue weighted by molar-refractivity contribution is 7.44. The molecule has 0 atom stereocenters. The fourth-order valence-electron chi connectivity index (χ4n) is 0.899. The molecule has 0 spiro atoms. The van der Waals surface area contributed by atoms with Gasteiger partial charge >= 0.3 is 0 Å². The minimum atomic E-state index is 0.954. The molecule has 3 nitrogen and oxygen atoms in total. The van der Waals surface area contributed by atoms with E-state index in [0.29, 0.717) is 0 Å². The fraction of sp³-hybridized carbons (Fsp3) is 0. The van der Waals surface area contributed by atoms with Crippen molar-refractivity contribution in [1.82, 2.24) is 9.59 Å². The summed E-state index contributed by atoms with van der Waals surface area (Å²) in [7, 11) is 0. The third kappa shape index (κ3) is 2.64. The maximum absolute atomic E-state index is 7.83. The summed E-state index contributed by atoms with van der Waals surface area (Å²) in [6, 6.07) is 10.0. The smallest absolute Gasteiger partial charge is 0.197 e. The lowest BCUT2D eigenvalue weighted by molar-refractivity contribution is 0.702. The van der Waals surface area contributed by atoms with Crippen LogP contribution < -0.4 is 0 Å². The van der Waals surface area contributed by atoms with Crippen LogP contribution in [-0.4, -0.2) is 13.8 Å². The first-order valence-electron chi connectivity index (χ1n) is 3.46. The van der Waals surface area contributed by atoms with E-state index in [1.54, 1.807) is 0 Å². The maximum Gasteiger partial charge on any atom is 0.197 e. The Morgan fingerprint density at radius 3 is 2.38 bits per heavy atom. The number of benzene rings is 1. The molecule has 0 fully saturated rings. The van der Waals surface area contributed by atoms with Gasteiger partial charge in [-0.2, -0.15) is 4.21 Å². The summed E-state index contributed by atoms with van der Waals surface area (Å²) >= 11 is 4.21. The number of hydrogen-bond donors (Lipinski definition) is 0. The fourth-order valence-corrected chi connectivity index (χ4v) is 1.36. The molecule has 1 aromatic heterocycles. The first-order valence-corrected chi connectivity index (χ1v) is 4.63. The minimum absolute atomic E-state index is 0.954. The van der Waals surface area contributed by atoms with Gasteiger partial charge in [-0.15, -0.1) is 5.10 Å². The van der Waals surface area contributed by atoms with Crippen LogP contribution in [0.4, 0.5) is 0 Å². The SMILES string of the molecule is O=S.c1ccc(-c2csnn2)cc1. The molecule has 0 saturated heterocycles. The van der Waals surface area contributed by atoms with Crippen LogP contribution in [-0.2, 0) is 12.5 Å². The minimum Gasteiger partial charge on any atom is -0.197 e. The normalized spacial score (nSPS) is 8.62. The van der Waals surface area contributed by atoms with Gasteiger partial charge in [-0.05, 0) is 11.5 Å². The lowest BCUT2D eigenvalue weighted by Crippen LogP contribution is -1.75. The first-order chi connectivity index (χ1) is 6.47. The van der Waals surface area contributed by atoms with E-state index < -0.39 is 0 Å². The van der Waals surface area contributed by atoms with Gasteiger partial charge in [0.2, 0.25) is 0 Å². The number of hydrogen-bond acceptors (Lipinski definition) is 5. The maximum atomic E-state index is 7.83. The Balaban J connectivity index is 0.000000396. The van der Waals surface area contributed by atoms with Crippen LogP contribution in [0.25, 0.3) is 11.3 Å². The molecule has 0 N–H and O–H groups in total. The Bertz CT molecular complexity index is 336. The lowest BCUT2D eigenvalue weighted by atomic mass is 10.2. The molecule has 0 bridgehead atoms. The van der Waals surface area contributed by atoms with Crippen molar-refractivity contribution < 1.29 is 4.21 Å². The van der Waals surface area contributed by atoms with Crippen LogP contribution in [0.5, 0.6) is 0 Å². The van der Waals surface area contributed by atoms with Crippen LogP contribution in [0.1, 0.15) is 0 Å². The topological polar surface area (TPSA) is 42.9 Å². The Kier molecular flexibility index (Phi) is 4.14.